The van der Waals surface area contributed by atoms with Gasteiger partial charge in [0, 0.05) is 36.9 Å². The zero-order valence-corrected chi connectivity index (χ0v) is 17.2. The predicted octanol–water partition coefficient (Wildman–Crippen LogP) is 4.09. The monoisotopic (exact) mass is 459 g/mol. The molecule has 1 aliphatic rings. The zero-order chi connectivity index (χ0) is 21.9. The Morgan fingerprint density at radius 1 is 1.00 bits per heavy atom. The van der Waals surface area contributed by atoms with Crippen molar-refractivity contribution in [1.82, 2.24) is 10.2 Å². The highest BCUT2D eigenvalue weighted by Gasteiger charge is 2.31. The van der Waals surface area contributed by atoms with E-state index in [9.17, 15) is 22.8 Å². The van der Waals surface area contributed by atoms with Gasteiger partial charge in [0.05, 0.1) is 22.7 Å². The lowest BCUT2D eigenvalue weighted by Gasteiger charge is -2.36. The first-order chi connectivity index (χ1) is 14.1. The Bertz CT molecular complexity index is 945. The third kappa shape index (κ3) is 5.37. The minimum atomic E-state index is -4.40. The highest BCUT2D eigenvalue weighted by Crippen LogP contribution is 2.31. The Balaban J connectivity index is 1.52. The van der Waals surface area contributed by atoms with Crippen LogP contribution in [0.25, 0.3) is 0 Å². The van der Waals surface area contributed by atoms with Crippen molar-refractivity contribution in [3.05, 3.63) is 63.6 Å². The van der Waals surface area contributed by atoms with Gasteiger partial charge in [0.1, 0.15) is 0 Å². The van der Waals surface area contributed by atoms with Gasteiger partial charge < -0.3 is 15.1 Å². The topological polar surface area (TPSA) is 52.7 Å². The fourth-order valence-electron chi connectivity index (χ4n) is 3.13. The smallest absolute Gasteiger partial charge is 0.368 e. The van der Waals surface area contributed by atoms with Gasteiger partial charge in [0.25, 0.3) is 5.91 Å². The summed E-state index contributed by atoms with van der Waals surface area (Å²) in [7, 11) is 0. The second-order valence-electron chi connectivity index (χ2n) is 6.72. The summed E-state index contributed by atoms with van der Waals surface area (Å²) in [6, 6.07) is 9.55. The normalized spacial score (nSPS) is 14.6. The van der Waals surface area contributed by atoms with E-state index >= 15 is 0 Å². The average Bonchev–Trinajstić information content (AvgIpc) is 2.71. The molecular weight excluding hydrogens is 442 g/mol. The Morgan fingerprint density at radius 3 is 2.33 bits per heavy atom. The van der Waals surface area contributed by atoms with Gasteiger partial charge in [-0.05, 0) is 36.4 Å². The molecule has 1 heterocycles. The van der Waals surface area contributed by atoms with Crippen molar-refractivity contribution < 1.29 is 22.8 Å². The van der Waals surface area contributed by atoms with Gasteiger partial charge in [-0.1, -0.05) is 29.3 Å². The number of carbonyl (C=O) groups excluding carboxylic acids is 2. The third-order valence-corrected chi connectivity index (χ3v) is 5.29. The van der Waals surface area contributed by atoms with Crippen LogP contribution >= 0.6 is 23.2 Å². The average molecular weight is 460 g/mol. The molecule has 3 rings (SSSR count). The predicted molar refractivity (Wildman–Crippen MR) is 109 cm³/mol. The zero-order valence-electron chi connectivity index (χ0n) is 15.7. The molecule has 0 spiro atoms. The first-order valence-corrected chi connectivity index (χ1v) is 9.84. The molecule has 0 unspecified atom stereocenters. The van der Waals surface area contributed by atoms with Crippen LogP contribution in [-0.4, -0.2) is 49.4 Å². The van der Waals surface area contributed by atoms with Crippen LogP contribution in [0.2, 0.25) is 10.0 Å². The quantitative estimate of drug-likeness (QED) is 0.748. The van der Waals surface area contributed by atoms with Crippen LogP contribution in [0.15, 0.2) is 42.5 Å². The number of hydrogen-bond donors (Lipinski definition) is 1. The van der Waals surface area contributed by atoms with E-state index in [1.54, 1.807) is 15.9 Å². The highest BCUT2D eigenvalue weighted by atomic mass is 35.5. The summed E-state index contributed by atoms with van der Waals surface area (Å²) in [4.78, 5) is 28.0. The summed E-state index contributed by atoms with van der Waals surface area (Å²) in [5.74, 6) is -0.773. The summed E-state index contributed by atoms with van der Waals surface area (Å²) >= 11 is 11.8. The van der Waals surface area contributed by atoms with E-state index in [0.29, 0.717) is 36.9 Å². The molecule has 1 saturated heterocycles. The van der Waals surface area contributed by atoms with Crippen LogP contribution in [0.3, 0.4) is 0 Å². The fourth-order valence-corrected chi connectivity index (χ4v) is 3.62. The Labute approximate surface area is 181 Å². The van der Waals surface area contributed by atoms with Crippen LogP contribution in [0, 0.1) is 0 Å². The molecule has 0 atom stereocenters. The lowest BCUT2D eigenvalue weighted by molar-refractivity contribution is -0.137. The number of piperazine rings is 1. The molecule has 160 valence electrons. The van der Waals surface area contributed by atoms with Crippen LogP contribution in [-0.2, 0) is 11.0 Å². The summed E-state index contributed by atoms with van der Waals surface area (Å²) in [5, 5.41) is 3.10. The van der Waals surface area contributed by atoms with Crippen molar-refractivity contribution in [2.75, 3.05) is 37.6 Å². The van der Waals surface area contributed by atoms with E-state index in [0.717, 1.165) is 12.1 Å². The number of halogens is 5. The fraction of sp³-hybridized carbons (Fsp3) is 0.300. The largest absolute Gasteiger partial charge is 0.416 e. The van der Waals surface area contributed by atoms with Gasteiger partial charge in [0.2, 0.25) is 5.91 Å². The number of nitrogens with one attached hydrogen (secondary N) is 1. The second kappa shape index (κ2) is 9.14. The van der Waals surface area contributed by atoms with Gasteiger partial charge in [0.15, 0.2) is 0 Å². The molecular formula is C20H18Cl2F3N3O2. The molecule has 0 bridgehead atoms. The maximum atomic E-state index is 12.9. The standard InChI is InChI=1S/C20H18Cl2F3N3O2/c21-14-4-5-16(17(22)11-14)19(30)26-12-18(29)28-8-6-27(7-9-28)15-3-1-2-13(10-15)20(23,24)25/h1-5,10-11H,6-9,12H2,(H,26,30). The minimum Gasteiger partial charge on any atom is -0.368 e. The molecule has 2 aromatic carbocycles. The summed E-state index contributed by atoms with van der Waals surface area (Å²) < 4.78 is 38.7. The lowest BCUT2D eigenvalue weighted by Crippen LogP contribution is -2.51. The first-order valence-electron chi connectivity index (χ1n) is 9.08. The van der Waals surface area contributed by atoms with Crippen molar-refractivity contribution in [2.45, 2.75) is 6.18 Å². The Hall–Kier alpha value is -2.45. The number of alkyl halides is 3. The van der Waals surface area contributed by atoms with Crippen LogP contribution < -0.4 is 10.2 Å². The molecule has 2 aromatic rings. The molecule has 10 heteroatoms. The molecule has 0 saturated carbocycles. The molecule has 0 aliphatic carbocycles. The minimum absolute atomic E-state index is 0.183. The van der Waals surface area contributed by atoms with Gasteiger partial charge in [-0.25, -0.2) is 0 Å². The van der Waals surface area contributed by atoms with E-state index in [-0.39, 0.29) is 23.0 Å². The number of rotatable bonds is 4. The summed E-state index contributed by atoms with van der Waals surface area (Å²) in [6.45, 7) is 1.26. The number of benzene rings is 2. The first kappa shape index (κ1) is 22.2. The molecule has 1 aliphatic heterocycles. The van der Waals surface area contributed by atoms with Crippen molar-refractivity contribution in [2.24, 2.45) is 0 Å². The van der Waals surface area contributed by atoms with E-state index < -0.39 is 17.6 Å². The van der Waals surface area contributed by atoms with Crippen molar-refractivity contribution in [1.29, 1.82) is 0 Å². The highest BCUT2D eigenvalue weighted by molar-refractivity contribution is 6.36. The molecule has 1 fully saturated rings. The SMILES string of the molecule is O=C(NCC(=O)N1CCN(c2cccc(C(F)(F)F)c2)CC1)c1ccc(Cl)cc1Cl. The summed E-state index contributed by atoms with van der Waals surface area (Å²) in [6.07, 6.45) is -4.40. The maximum absolute atomic E-state index is 12.9. The van der Waals surface area contributed by atoms with E-state index in [4.69, 9.17) is 23.2 Å². The molecule has 2 amide bonds. The Morgan fingerprint density at radius 2 is 1.70 bits per heavy atom. The van der Waals surface area contributed by atoms with Gasteiger partial charge in [-0.2, -0.15) is 13.2 Å². The molecule has 0 aromatic heterocycles. The van der Waals surface area contributed by atoms with Gasteiger partial charge >= 0.3 is 6.18 Å². The number of hydrogen-bond acceptors (Lipinski definition) is 3. The number of amides is 2. The van der Waals surface area contributed by atoms with Crippen molar-refractivity contribution in [3.8, 4) is 0 Å². The lowest BCUT2D eigenvalue weighted by atomic mass is 10.1. The second-order valence-corrected chi connectivity index (χ2v) is 7.57. The number of anilines is 1. The molecule has 0 radical (unpaired) electrons. The maximum Gasteiger partial charge on any atom is 0.416 e. The van der Waals surface area contributed by atoms with E-state index in [2.05, 4.69) is 5.32 Å². The van der Waals surface area contributed by atoms with Crippen molar-refractivity contribution in [3.63, 3.8) is 0 Å². The molecule has 1 N–H and O–H groups in total. The van der Waals surface area contributed by atoms with E-state index in [1.165, 1.54) is 24.3 Å². The van der Waals surface area contributed by atoms with Crippen molar-refractivity contribution >= 4 is 40.7 Å². The van der Waals surface area contributed by atoms with Crippen LogP contribution in [0.4, 0.5) is 18.9 Å². The number of nitrogens with zero attached hydrogens (tertiary/aromatic N) is 2. The van der Waals surface area contributed by atoms with Gasteiger partial charge in [-0.15, -0.1) is 0 Å². The van der Waals surface area contributed by atoms with E-state index in [1.807, 2.05) is 0 Å². The van der Waals surface area contributed by atoms with Gasteiger partial charge in [-0.3, -0.25) is 9.59 Å². The Kier molecular flexibility index (Phi) is 6.77. The summed E-state index contributed by atoms with van der Waals surface area (Å²) in [5.41, 5.74) is -0.0343. The molecule has 5 nitrogen and oxygen atoms in total. The van der Waals surface area contributed by atoms with Crippen LogP contribution in [0.5, 0.6) is 0 Å². The third-order valence-electron chi connectivity index (χ3n) is 4.75. The number of carbonyl (C=O) groups is 2. The molecule has 30 heavy (non-hydrogen) atoms. The van der Waals surface area contributed by atoms with Crippen LogP contribution in [0.1, 0.15) is 15.9 Å².